The molecule has 1 heterocycles. The fraction of sp³-hybridized carbons (Fsp3) is 0.750. The van der Waals surface area contributed by atoms with Gasteiger partial charge in [-0.3, -0.25) is 4.79 Å². The molecule has 9 nitrogen and oxygen atoms in total. The second-order valence-corrected chi connectivity index (χ2v) is 4.56. The Morgan fingerprint density at radius 1 is 1.48 bits per heavy atom. The molecule has 0 aromatic heterocycles. The maximum atomic E-state index is 12.1. The van der Waals surface area contributed by atoms with Gasteiger partial charge in [-0.25, -0.2) is 9.59 Å². The Hall–Kier alpha value is -1.87. The molecule has 1 fully saturated rings. The minimum Gasteiger partial charge on any atom is -0.480 e. The van der Waals surface area contributed by atoms with E-state index in [0.717, 1.165) is 0 Å². The van der Waals surface area contributed by atoms with Gasteiger partial charge in [0.05, 0.1) is 33.0 Å². The highest BCUT2D eigenvalue weighted by Gasteiger charge is 2.30. The standard InChI is InChI=1S/C12H20N2O7/c1-20-10(16)3-2-9(11(17)18)13-12(19)14-4-5-21-7-8(14)6-15/h8-9,15H,2-7H2,1H3,(H,13,19)(H,17,18)/t8?,9-/m1/s1. The van der Waals surface area contributed by atoms with Gasteiger partial charge in [-0.2, -0.15) is 0 Å². The largest absolute Gasteiger partial charge is 0.480 e. The minimum atomic E-state index is -1.24. The van der Waals surface area contributed by atoms with E-state index in [-0.39, 0.29) is 32.6 Å². The molecule has 21 heavy (non-hydrogen) atoms. The Balaban J connectivity index is 2.58. The van der Waals surface area contributed by atoms with Crippen molar-refractivity contribution in [2.24, 2.45) is 0 Å². The van der Waals surface area contributed by atoms with Crippen LogP contribution in [0.3, 0.4) is 0 Å². The summed E-state index contributed by atoms with van der Waals surface area (Å²) in [5.41, 5.74) is 0. The van der Waals surface area contributed by atoms with Gasteiger partial charge < -0.3 is 29.9 Å². The van der Waals surface area contributed by atoms with E-state index in [1.807, 2.05) is 0 Å². The van der Waals surface area contributed by atoms with E-state index < -0.39 is 30.1 Å². The molecule has 1 unspecified atom stereocenters. The predicted octanol–water partition coefficient (Wildman–Crippen LogP) is -1.20. The number of urea groups is 1. The highest BCUT2D eigenvalue weighted by molar-refractivity contribution is 5.83. The maximum absolute atomic E-state index is 12.1. The Kier molecular flexibility index (Phi) is 6.89. The number of nitrogens with one attached hydrogen (secondary N) is 1. The number of rotatable bonds is 6. The number of carbonyl (C=O) groups is 3. The highest BCUT2D eigenvalue weighted by Crippen LogP contribution is 2.08. The Morgan fingerprint density at radius 2 is 2.19 bits per heavy atom. The number of carboxylic acid groups (broad SMARTS) is 1. The van der Waals surface area contributed by atoms with Crippen molar-refractivity contribution in [1.29, 1.82) is 0 Å². The molecule has 0 spiro atoms. The molecule has 9 heteroatoms. The van der Waals surface area contributed by atoms with E-state index in [1.165, 1.54) is 12.0 Å². The number of morpholine rings is 1. The molecule has 2 atom stereocenters. The van der Waals surface area contributed by atoms with Gasteiger partial charge >= 0.3 is 18.0 Å². The quantitative estimate of drug-likeness (QED) is 0.526. The van der Waals surface area contributed by atoms with Crippen molar-refractivity contribution in [3.63, 3.8) is 0 Å². The topological polar surface area (TPSA) is 125 Å². The van der Waals surface area contributed by atoms with Crippen LogP contribution in [-0.2, 0) is 19.1 Å². The van der Waals surface area contributed by atoms with Crippen molar-refractivity contribution in [3.05, 3.63) is 0 Å². The van der Waals surface area contributed by atoms with Gasteiger partial charge in [-0.15, -0.1) is 0 Å². The average molecular weight is 304 g/mol. The number of esters is 1. The van der Waals surface area contributed by atoms with Crippen LogP contribution in [0, 0.1) is 0 Å². The molecule has 0 bridgehead atoms. The van der Waals surface area contributed by atoms with E-state index in [2.05, 4.69) is 10.1 Å². The normalized spacial score (nSPS) is 19.7. The maximum Gasteiger partial charge on any atom is 0.326 e. The first kappa shape index (κ1) is 17.2. The number of hydrogen-bond donors (Lipinski definition) is 3. The molecule has 1 aliphatic rings. The summed E-state index contributed by atoms with van der Waals surface area (Å²) in [5.74, 6) is -1.78. The number of methoxy groups -OCH3 is 1. The Bertz CT molecular complexity index is 388. The summed E-state index contributed by atoms with van der Waals surface area (Å²) in [7, 11) is 1.20. The first-order valence-corrected chi connectivity index (χ1v) is 6.55. The van der Waals surface area contributed by atoms with Crippen LogP contribution in [0.4, 0.5) is 4.79 Å². The summed E-state index contributed by atoms with van der Waals surface area (Å²) in [6, 6.07) is -2.30. The fourth-order valence-electron chi connectivity index (χ4n) is 1.93. The summed E-state index contributed by atoms with van der Waals surface area (Å²) in [6.07, 6.45) is -0.178. The lowest BCUT2D eigenvalue weighted by Gasteiger charge is -2.35. The summed E-state index contributed by atoms with van der Waals surface area (Å²) in [5, 5.41) is 20.6. The number of hydrogen-bond acceptors (Lipinski definition) is 6. The van der Waals surface area contributed by atoms with E-state index in [4.69, 9.17) is 9.84 Å². The van der Waals surface area contributed by atoms with Gasteiger partial charge in [0.15, 0.2) is 0 Å². The monoisotopic (exact) mass is 304 g/mol. The first-order valence-electron chi connectivity index (χ1n) is 6.55. The lowest BCUT2D eigenvalue weighted by atomic mass is 10.1. The zero-order valence-corrected chi connectivity index (χ0v) is 11.8. The zero-order chi connectivity index (χ0) is 15.8. The summed E-state index contributed by atoms with van der Waals surface area (Å²) in [6.45, 7) is 0.515. The highest BCUT2D eigenvalue weighted by atomic mass is 16.5. The molecular weight excluding hydrogens is 284 g/mol. The lowest BCUT2D eigenvalue weighted by Crippen LogP contribution is -2.56. The van der Waals surface area contributed by atoms with Crippen molar-refractivity contribution in [2.45, 2.75) is 24.9 Å². The zero-order valence-electron chi connectivity index (χ0n) is 11.8. The number of nitrogens with zero attached hydrogens (tertiary/aromatic N) is 1. The van der Waals surface area contributed by atoms with Crippen molar-refractivity contribution in [2.75, 3.05) is 33.5 Å². The van der Waals surface area contributed by atoms with Crippen LogP contribution in [0.25, 0.3) is 0 Å². The molecule has 1 saturated heterocycles. The smallest absolute Gasteiger partial charge is 0.326 e. The Labute approximate surface area is 121 Å². The molecular formula is C12H20N2O7. The molecule has 120 valence electrons. The number of aliphatic hydroxyl groups excluding tert-OH is 1. The molecule has 0 aromatic rings. The summed E-state index contributed by atoms with van der Waals surface area (Å²) < 4.78 is 9.57. The van der Waals surface area contributed by atoms with Crippen LogP contribution in [-0.4, -0.2) is 78.6 Å². The fourth-order valence-corrected chi connectivity index (χ4v) is 1.93. The van der Waals surface area contributed by atoms with Crippen LogP contribution in [0.1, 0.15) is 12.8 Å². The molecule has 0 aliphatic carbocycles. The number of aliphatic hydroxyl groups is 1. The first-order chi connectivity index (χ1) is 9.99. The molecule has 3 N–H and O–H groups in total. The van der Waals surface area contributed by atoms with Crippen LogP contribution in [0.15, 0.2) is 0 Å². The molecule has 0 aromatic carbocycles. The number of amides is 2. The van der Waals surface area contributed by atoms with Crippen molar-refractivity contribution in [1.82, 2.24) is 10.2 Å². The van der Waals surface area contributed by atoms with E-state index in [0.29, 0.717) is 6.61 Å². The number of ether oxygens (including phenoxy) is 2. The SMILES string of the molecule is COC(=O)CC[C@@H](NC(=O)N1CCOCC1CO)C(=O)O. The third kappa shape index (κ3) is 5.20. The van der Waals surface area contributed by atoms with Gasteiger partial charge in [0.1, 0.15) is 6.04 Å². The average Bonchev–Trinajstić information content (AvgIpc) is 2.50. The summed E-state index contributed by atoms with van der Waals surface area (Å²) >= 11 is 0. The van der Waals surface area contributed by atoms with Crippen molar-refractivity contribution >= 4 is 18.0 Å². The third-order valence-electron chi connectivity index (χ3n) is 3.16. The molecule has 0 saturated carbocycles. The van der Waals surface area contributed by atoms with Crippen LogP contribution >= 0.6 is 0 Å². The predicted molar refractivity (Wildman–Crippen MR) is 69.6 cm³/mol. The van der Waals surface area contributed by atoms with Gasteiger partial charge in [0.25, 0.3) is 0 Å². The molecule has 2 amide bonds. The van der Waals surface area contributed by atoms with Crippen LogP contribution in [0.2, 0.25) is 0 Å². The van der Waals surface area contributed by atoms with Gasteiger partial charge in [0, 0.05) is 13.0 Å². The third-order valence-corrected chi connectivity index (χ3v) is 3.16. The van der Waals surface area contributed by atoms with Crippen molar-refractivity contribution in [3.8, 4) is 0 Å². The lowest BCUT2D eigenvalue weighted by molar-refractivity contribution is -0.142. The minimum absolute atomic E-state index is 0.0676. The number of carboxylic acids is 1. The molecule has 0 radical (unpaired) electrons. The van der Waals surface area contributed by atoms with E-state index >= 15 is 0 Å². The van der Waals surface area contributed by atoms with Crippen LogP contribution < -0.4 is 5.32 Å². The number of aliphatic carboxylic acids is 1. The van der Waals surface area contributed by atoms with Gasteiger partial charge in [-0.1, -0.05) is 0 Å². The van der Waals surface area contributed by atoms with E-state index in [9.17, 15) is 19.5 Å². The van der Waals surface area contributed by atoms with Gasteiger partial charge in [-0.05, 0) is 6.42 Å². The van der Waals surface area contributed by atoms with E-state index in [1.54, 1.807) is 0 Å². The molecule has 1 rings (SSSR count). The second kappa shape index (κ2) is 8.42. The van der Waals surface area contributed by atoms with Crippen molar-refractivity contribution < 1.29 is 34.1 Å². The molecule has 1 aliphatic heterocycles. The Morgan fingerprint density at radius 3 is 2.76 bits per heavy atom. The second-order valence-electron chi connectivity index (χ2n) is 4.56. The summed E-state index contributed by atoms with van der Waals surface area (Å²) in [4.78, 5) is 35.5. The van der Waals surface area contributed by atoms with Crippen LogP contribution in [0.5, 0.6) is 0 Å². The number of carbonyl (C=O) groups excluding carboxylic acids is 2. The van der Waals surface area contributed by atoms with Gasteiger partial charge in [0.2, 0.25) is 0 Å².